The standard InChI is InChI=1S/C11H14N2O5S2/c12-20(17,18)9-5-7(6-19-9)10(14)13-4-2-1-3-8(13)11(15)16/h5-6,8H,1-4H2,(H,15,16)(H2,12,17,18). The normalized spacial score (nSPS) is 19.9. The molecule has 110 valence electrons. The third-order valence-electron chi connectivity index (χ3n) is 3.15. The van der Waals surface area contributed by atoms with E-state index in [0.29, 0.717) is 13.0 Å². The number of sulfonamides is 1. The van der Waals surface area contributed by atoms with E-state index in [4.69, 9.17) is 10.2 Å². The zero-order chi connectivity index (χ0) is 14.9. The summed E-state index contributed by atoms with van der Waals surface area (Å²) in [5, 5.41) is 15.5. The second-order valence-electron chi connectivity index (χ2n) is 4.55. The first kappa shape index (κ1) is 14.9. The molecule has 1 saturated heterocycles. The molecule has 20 heavy (non-hydrogen) atoms. The van der Waals surface area contributed by atoms with E-state index in [1.807, 2.05) is 0 Å². The Kier molecular flexibility index (Phi) is 4.11. The van der Waals surface area contributed by atoms with Crippen molar-refractivity contribution in [3.05, 3.63) is 17.0 Å². The molecule has 1 aliphatic rings. The van der Waals surface area contributed by atoms with E-state index in [2.05, 4.69) is 0 Å². The smallest absolute Gasteiger partial charge is 0.326 e. The number of hydrogen-bond donors (Lipinski definition) is 2. The summed E-state index contributed by atoms with van der Waals surface area (Å²) >= 11 is 0.851. The zero-order valence-corrected chi connectivity index (χ0v) is 12.1. The molecule has 1 aromatic heterocycles. The van der Waals surface area contributed by atoms with Crippen molar-refractivity contribution in [1.82, 2.24) is 4.90 Å². The molecule has 1 aromatic rings. The van der Waals surface area contributed by atoms with Crippen LogP contribution in [-0.4, -0.2) is 42.9 Å². The lowest BCUT2D eigenvalue weighted by atomic mass is 10.0. The number of amides is 1. The first-order valence-electron chi connectivity index (χ1n) is 5.96. The average Bonchev–Trinajstić information content (AvgIpc) is 2.87. The molecule has 0 bridgehead atoms. The minimum atomic E-state index is -3.84. The van der Waals surface area contributed by atoms with Crippen LogP contribution >= 0.6 is 11.3 Å². The molecule has 9 heteroatoms. The number of carboxylic acid groups (broad SMARTS) is 1. The van der Waals surface area contributed by atoms with Gasteiger partial charge >= 0.3 is 5.97 Å². The second-order valence-corrected chi connectivity index (χ2v) is 7.25. The maximum atomic E-state index is 12.3. The van der Waals surface area contributed by atoms with Crippen LogP contribution in [0.15, 0.2) is 15.7 Å². The first-order chi connectivity index (χ1) is 9.30. The largest absolute Gasteiger partial charge is 0.480 e. The summed E-state index contributed by atoms with van der Waals surface area (Å²) in [5.74, 6) is -1.51. The van der Waals surface area contributed by atoms with Crippen molar-refractivity contribution in [2.24, 2.45) is 5.14 Å². The summed E-state index contributed by atoms with van der Waals surface area (Å²) in [6.45, 7) is 0.357. The molecule has 1 atom stereocenters. The first-order valence-corrected chi connectivity index (χ1v) is 8.38. The number of carboxylic acids is 1. The number of aliphatic carboxylic acids is 1. The van der Waals surface area contributed by atoms with Crippen LogP contribution < -0.4 is 5.14 Å². The fourth-order valence-corrected chi connectivity index (χ4v) is 3.75. The fraction of sp³-hybridized carbons (Fsp3) is 0.455. The molecule has 7 nitrogen and oxygen atoms in total. The molecular weight excluding hydrogens is 304 g/mol. The predicted octanol–water partition coefficient (Wildman–Crippen LogP) is 0.475. The van der Waals surface area contributed by atoms with Crippen LogP contribution in [0.4, 0.5) is 0 Å². The molecule has 0 aromatic carbocycles. The molecule has 0 saturated carbocycles. The molecular formula is C11H14N2O5S2. The number of nitrogens with two attached hydrogens (primary N) is 1. The van der Waals surface area contributed by atoms with Crippen LogP contribution in [0.25, 0.3) is 0 Å². The number of carbonyl (C=O) groups excluding carboxylic acids is 1. The molecule has 1 unspecified atom stereocenters. The number of primary sulfonamides is 1. The maximum Gasteiger partial charge on any atom is 0.326 e. The third-order valence-corrected chi connectivity index (χ3v) is 5.54. The summed E-state index contributed by atoms with van der Waals surface area (Å²) < 4.78 is 22.3. The van der Waals surface area contributed by atoms with Gasteiger partial charge in [0.05, 0.1) is 5.56 Å². The van der Waals surface area contributed by atoms with E-state index in [0.717, 1.165) is 24.2 Å². The molecule has 2 heterocycles. The van der Waals surface area contributed by atoms with Gasteiger partial charge in [-0.25, -0.2) is 18.4 Å². The molecule has 0 spiro atoms. The van der Waals surface area contributed by atoms with Crippen molar-refractivity contribution in [3.8, 4) is 0 Å². The van der Waals surface area contributed by atoms with Gasteiger partial charge in [0.2, 0.25) is 10.0 Å². The highest BCUT2D eigenvalue weighted by molar-refractivity contribution is 7.91. The van der Waals surface area contributed by atoms with E-state index in [1.165, 1.54) is 16.3 Å². The molecule has 3 N–H and O–H groups in total. The highest BCUT2D eigenvalue weighted by Gasteiger charge is 2.33. The van der Waals surface area contributed by atoms with Crippen molar-refractivity contribution >= 4 is 33.2 Å². The maximum absolute atomic E-state index is 12.3. The molecule has 0 radical (unpaired) electrons. The van der Waals surface area contributed by atoms with Gasteiger partial charge in [0.15, 0.2) is 0 Å². The van der Waals surface area contributed by atoms with Gasteiger partial charge in [0.1, 0.15) is 10.3 Å². The van der Waals surface area contributed by atoms with Crippen LogP contribution in [0.2, 0.25) is 0 Å². The number of piperidine rings is 1. The van der Waals surface area contributed by atoms with Crippen LogP contribution in [0.1, 0.15) is 29.6 Å². The van der Waals surface area contributed by atoms with Crippen LogP contribution in [0.3, 0.4) is 0 Å². The third kappa shape index (κ3) is 3.00. The summed E-state index contributed by atoms with van der Waals surface area (Å²) in [7, 11) is -3.84. The van der Waals surface area contributed by atoms with Gasteiger partial charge < -0.3 is 10.0 Å². The van der Waals surface area contributed by atoms with Crippen LogP contribution in [0, 0.1) is 0 Å². The fourth-order valence-electron chi connectivity index (χ4n) is 2.18. The summed E-state index contributed by atoms with van der Waals surface area (Å²) in [5.41, 5.74) is 0.159. The molecule has 2 rings (SSSR count). The molecule has 1 amide bonds. The monoisotopic (exact) mass is 318 g/mol. The van der Waals surface area contributed by atoms with E-state index < -0.39 is 27.9 Å². The van der Waals surface area contributed by atoms with Gasteiger partial charge in [-0.1, -0.05) is 0 Å². The minimum Gasteiger partial charge on any atom is -0.480 e. The zero-order valence-electron chi connectivity index (χ0n) is 10.5. The number of nitrogens with zero attached hydrogens (tertiary/aromatic N) is 1. The lowest BCUT2D eigenvalue weighted by Crippen LogP contribution is -2.47. The van der Waals surface area contributed by atoms with Crippen molar-refractivity contribution in [2.75, 3.05) is 6.54 Å². The van der Waals surface area contributed by atoms with Gasteiger partial charge in [0, 0.05) is 11.9 Å². The van der Waals surface area contributed by atoms with E-state index in [1.54, 1.807) is 0 Å². The van der Waals surface area contributed by atoms with Crippen molar-refractivity contribution in [1.29, 1.82) is 0 Å². The van der Waals surface area contributed by atoms with E-state index >= 15 is 0 Å². The molecule has 1 aliphatic heterocycles. The lowest BCUT2D eigenvalue weighted by molar-refractivity contribution is -0.143. The Bertz CT molecular complexity index is 637. The van der Waals surface area contributed by atoms with Crippen LogP contribution in [0.5, 0.6) is 0 Å². The van der Waals surface area contributed by atoms with Gasteiger partial charge in [-0.3, -0.25) is 4.79 Å². The van der Waals surface area contributed by atoms with Gasteiger partial charge in [-0.15, -0.1) is 11.3 Å². The number of hydrogen-bond acceptors (Lipinski definition) is 5. The Morgan fingerprint density at radius 2 is 2.10 bits per heavy atom. The number of rotatable bonds is 3. The number of likely N-dealkylation sites (tertiary alicyclic amines) is 1. The quantitative estimate of drug-likeness (QED) is 0.840. The SMILES string of the molecule is NS(=O)(=O)c1cc(C(=O)N2CCCCC2C(=O)O)cs1. The Morgan fingerprint density at radius 3 is 2.65 bits per heavy atom. The van der Waals surface area contributed by atoms with Crippen molar-refractivity contribution in [2.45, 2.75) is 29.5 Å². The lowest BCUT2D eigenvalue weighted by Gasteiger charge is -2.32. The second kappa shape index (κ2) is 5.51. The Balaban J connectivity index is 2.26. The Morgan fingerprint density at radius 1 is 1.40 bits per heavy atom. The number of thiophene rings is 1. The Labute approximate surface area is 120 Å². The summed E-state index contributed by atoms with van der Waals surface area (Å²) in [6, 6.07) is 0.338. The molecule has 0 aliphatic carbocycles. The molecule has 1 fully saturated rings. The minimum absolute atomic E-state index is 0.107. The van der Waals surface area contributed by atoms with Gasteiger partial charge in [0.25, 0.3) is 5.91 Å². The predicted molar refractivity (Wildman–Crippen MR) is 72.0 cm³/mol. The Hall–Kier alpha value is -1.45. The topological polar surface area (TPSA) is 118 Å². The average molecular weight is 318 g/mol. The van der Waals surface area contributed by atoms with Crippen molar-refractivity contribution in [3.63, 3.8) is 0 Å². The van der Waals surface area contributed by atoms with E-state index in [9.17, 15) is 18.0 Å². The highest BCUT2D eigenvalue weighted by Crippen LogP contribution is 2.24. The van der Waals surface area contributed by atoms with Gasteiger partial charge in [-0.2, -0.15) is 0 Å². The summed E-state index contributed by atoms with van der Waals surface area (Å²) in [4.78, 5) is 24.7. The van der Waals surface area contributed by atoms with Crippen LogP contribution in [-0.2, 0) is 14.8 Å². The highest BCUT2D eigenvalue weighted by atomic mass is 32.2. The number of carbonyl (C=O) groups is 2. The summed E-state index contributed by atoms with van der Waals surface area (Å²) in [6.07, 6.45) is 1.90. The van der Waals surface area contributed by atoms with E-state index in [-0.39, 0.29) is 9.77 Å². The van der Waals surface area contributed by atoms with Crippen molar-refractivity contribution < 1.29 is 23.1 Å². The van der Waals surface area contributed by atoms with Gasteiger partial charge in [-0.05, 0) is 25.3 Å².